The molecule has 0 atom stereocenters. The molecular weight excluding hydrogens is 318 g/mol. The van der Waals surface area contributed by atoms with Crippen LogP contribution in [0.25, 0.3) is 0 Å². The van der Waals surface area contributed by atoms with E-state index in [-0.39, 0.29) is 22.3 Å². The molecule has 0 saturated heterocycles. The summed E-state index contributed by atoms with van der Waals surface area (Å²) in [6.07, 6.45) is 1.78. The fourth-order valence-electron chi connectivity index (χ4n) is 1.45. The number of hydrazine groups is 1. The molecule has 8 nitrogen and oxygen atoms in total. The number of rotatable bonds is 5. The minimum Gasteiger partial charge on any atom is -0.432 e. The summed E-state index contributed by atoms with van der Waals surface area (Å²) in [6, 6.07) is 5.52. The van der Waals surface area contributed by atoms with E-state index in [1.54, 1.807) is 6.26 Å². The number of halogens is 1. The number of hydrogen-bond donors (Lipinski definition) is 2. The number of aromatic nitrogens is 2. The van der Waals surface area contributed by atoms with Crippen molar-refractivity contribution in [3.8, 4) is 11.6 Å². The molecule has 0 bridgehead atoms. The van der Waals surface area contributed by atoms with Crippen LogP contribution in [0.2, 0.25) is 5.02 Å². The van der Waals surface area contributed by atoms with Crippen molar-refractivity contribution in [1.82, 2.24) is 9.97 Å². The third-order valence-corrected chi connectivity index (χ3v) is 3.13. The molecule has 2 rings (SSSR count). The lowest BCUT2D eigenvalue weighted by Gasteiger charge is -2.08. The van der Waals surface area contributed by atoms with E-state index in [9.17, 15) is 10.1 Å². The first kappa shape index (κ1) is 15.3. The summed E-state index contributed by atoms with van der Waals surface area (Å²) in [5, 5.41) is 11.7. The summed E-state index contributed by atoms with van der Waals surface area (Å²) in [4.78, 5) is 18.6. The Bertz CT molecular complexity index is 663. The van der Waals surface area contributed by atoms with Crippen LogP contribution in [0.15, 0.2) is 29.4 Å². The molecule has 10 heteroatoms. The first-order valence-electron chi connectivity index (χ1n) is 5.55. The molecule has 21 heavy (non-hydrogen) atoms. The number of nitrogen functional groups attached to an aromatic ring is 1. The molecule has 1 aromatic carbocycles. The number of nitro groups is 1. The van der Waals surface area contributed by atoms with Crippen LogP contribution < -0.4 is 16.0 Å². The van der Waals surface area contributed by atoms with Crippen molar-refractivity contribution in [2.45, 2.75) is 5.16 Å². The van der Waals surface area contributed by atoms with E-state index >= 15 is 0 Å². The standard InChI is InChI=1S/C11H10ClN5O3S/c1-21-11-14-9(16-13)5-10(15-11)20-8-3-2-6(12)4-7(8)17(18)19/h2-5H,13H2,1H3,(H,14,15,16). The van der Waals surface area contributed by atoms with Crippen LogP contribution in [0.4, 0.5) is 11.5 Å². The summed E-state index contributed by atoms with van der Waals surface area (Å²) >= 11 is 7.03. The highest BCUT2D eigenvalue weighted by Crippen LogP contribution is 2.33. The SMILES string of the molecule is CSc1nc(NN)cc(Oc2ccc(Cl)cc2[N+](=O)[O-])n1. The topological polar surface area (TPSA) is 116 Å². The maximum absolute atomic E-state index is 11.0. The van der Waals surface area contributed by atoms with Gasteiger partial charge in [-0.2, -0.15) is 4.98 Å². The summed E-state index contributed by atoms with van der Waals surface area (Å²) in [6.45, 7) is 0. The average Bonchev–Trinajstić information content (AvgIpc) is 2.48. The Kier molecular flexibility index (Phi) is 4.78. The highest BCUT2D eigenvalue weighted by Gasteiger charge is 2.17. The molecule has 0 fully saturated rings. The molecule has 0 aliphatic rings. The predicted molar refractivity (Wildman–Crippen MR) is 79.8 cm³/mol. The van der Waals surface area contributed by atoms with Crippen LogP contribution >= 0.6 is 23.4 Å². The van der Waals surface area contributed by atoms with Gasteiger partial charge in [0.25, 0.3) is 0 Å². The van der Waals surface area contributed by atoms with Crippen LogP contribution in [0.5, 0.6) is 11.6 Å². The smallest absolute Gasteiger partial charge is 0.313 e. The summed E-state index contributed by atoms with van der Waals surface area (Å²) in [5.74, 6) is 5.80. The number of hydrogen-bond acceptors (Lipinski definition) is 8. The maximum Gasteiger partial charge on any atom is 0.313 e. The molecule has 2 aromatic rings. The maximum atomic E-state index is 11.0. The van der Waals surface area contributed by atoms with Gasteiger partial charge in [0.15, 0.2) is 5.16 Å². The van der Waals surface area contributed by atoms with E-state index in [1.165, 1.54) is 36.0 Å². The van der Waals surface area contributed by atoms with Crippen LogP contribution in [0, 0.1) is 10.1 Å². The van der Waals surface area contributed by atoms with Crippen molar-refractivity contribution in [2.75, 3.05) is 11.7 Å². The van der Waals surface area contributed by atoms with E-state index < -0.39 is 4.92 Å². The number of ether oxygens (including phenoxy) is 1. The zero-order chi connectivity index (χ0) is 15.4. The number of nitro benzene ring substituents is 1. The van der Waals surface area contributed by atoms with E-state index in [0.717, 1.165) is 0 Å². The van der Waals surface area contributed by atoms with E-state index in [0.29, 0.717) is 11.0 Å². The van der Waals surface area contributed by atoms with Gasteiger partial charge in [0.1, 0.15) is 5.82 Å². The average molecular weight is 328 g/mol. The monoisotopic (exact) mass is 327 g/mol. The molecule has 110 valence electrons. The fourth-order valence-corrected chi connectivity index (χ4v) is 1.99. The van der Waals surface area contributed by atoms with Crippen molar-refractivity contribution in [3.63, 3.8) is 0 Å². The van der Waals surface area contributed by atoms with Gasteiger partial charge in [-0.25, -0.2) is 10.8 Å². The number of anilines is 1. The highest BCUT2D eigenvalue weighted by molar-refractivity contribution is 7.98. The van der Waals surface area contributed by atoms with E-state index in [2.05, 4.69) is 15.4 Å². The zero-order valence-electron chi connectivity index (χ0n) is 10.7. The molecule has 0 spiro atoms. The Labute approximate surface area is 128 Å². The van der Waals surface area contributed by atoms with Gasteiger partial charge in [0.05, 0.1) is 4.92 Å². The molecule has 0 saturated carbocycles. The van der Waals surface area contributed by atoms with Gasteiger partial charge in [-0.05, 0) is 18.4 Å². The number of nitrogens with one attached hydrogen (secondary N) is 1. The van der Waals surface area contributed by atoms with Crippen molar-refractivity contribution >= 4 is 34.9 Å². The first-order chi connectivity index (χ1) is 10.0. The van der Waals surface area contributed by atoms with Crippen molar-refractivity contribution in [1.29, 1.82) is 0 Å². The molecule has 0 aliphatic heterocycles. The van der Waals surface area contributed by atoms with Crippen LogP contribution in [-0.4, -0.2) is 21.1 Å². The summed E-state index contributed by atoms with van der Waals surface area (Å²) in [7, 11) is 0. The lowest BCUT2D eigenvalue weighted by Crippen LogP contribution is -2.09. The second-order valence-electron chi connectivity index (χ2n) is 3.69. The quantitative estimate of drug-likeness (QED) is 0.283. The molecular formula is C11H10ClN5O3S. The summed E-state index contributed by atoms with van der Waals surface area (Å²) < 4.78 is 5.45. The minimum absolute atomic E-state index is 0.0260. The molecule has 1 aromatic heterocycles. The number of benzene rings is 1. The normalized spacial score (nSPS) is 10.2. The first-order valence-corrected chi connectivity index (χ1v) is 7.15. The van der Waals surface area contributed by atoms with Gasteiger partial charge in [-0.3, -0.25) is 10.1 Å². The van der Waals surface area contributed by atoms with Crippen LogP contribution in [0.3, 0.4) is 0 Å². The van der Waals surface area contributed by atoms with E-state index in [1.807, 2.05) is 0 Å². The lowest BCUT2D eigenvalue weighted by atomic mass is 10.3. The van der Waals surface area contributed by atoms with Gasteiger partial charge in [0, 0.05) is 17.2 Å². The highest BCUT2D eigenvalue weighted by atomic mass is 35.5. The van der Waals surface area contributed by atoms with Crippen LogP contribution in [0.1, 0.15) is 0 Å². The molecule has 0 radical (unpaired) electrons. The zero-order valence-corrected chi connectivity index (χ0v) is 12.3. The van der Waals surface area contributed by atoms with Gasteiger partial charge < -0.3 is 10.2 Å². The third kappa shape index (κ3) is 3.72. The van der Waals surface area contributed by atoms with Crippen LogP contribution in [-0.2, 0) is 0 Å². The van der Waals surface area contributed by atoms with Crippen molar-refractivity contribution < 1.29 is 9.66 Å². The summed E-state index contributed by atoms with van der Waals surface area (Å²) in [5.41, 5.74) is 2.12. The molecule has 0 amide bonds. The number of thioether (sulfide) groups is 1. The molecule has 0 unspecified atom stereocenters. The number of nitrogens with two attached hydrogens (primary N) is 1. The molecule has 0 aliphatic carbocycles. The van der Waals surface area contributed by atoms with E-state index in [4.69, 9.17) is 22.2 Å². The van der Waals surface area contributed by atoms with Gasteiger partial charge in [-0.15, -0.1) is 0 Å². The predicted octanol–water partition coefficient (Wildman–Crippen LogP) is 2.84. The fraction of sp³-hybridized carbons (Fsp3) is 0.0909. The van der Waals surface area contributed by atoms with Crippen molar-refractivity contribution in [2.24, 2.45) is 5.84 Å². The lowest BCUT2D eigenvalue weighted by molar-refractivity contribution is -0.385. The van der Waals surface area contributed by atoms with Gasteiger partial charge in [0.2, 0.25) is 11.6 Å². The number of nitrogens with zero attached hydrogens (tertiary/aromatic N) is 3. The third-order valence-electron chi connectivity index (χ3n) is 2.34. The second kappa shape index (κ2) is 6.57. The Morgan fingerprint density at radius 3 is 2.81 bits per heavy atom. The Hall–Kier alpha value is -2.10. The second-order valence-corrected chi connectivity index (χ2v) is 4.90. The Morgan fingerprint density at radius 2 is 2.19 bits per heavy atom. The molecule has 1 heterocycles. The largest absolute Gasteiger partial charge is 0.432 e. The Morgan fingerprint density at radius 1 is 1.43 bits per heavy atom. The molecule has 3 N–H and O–H groups in total. The van der Waals surface area contributed by atoms with Gasteiger partial charge in [-0.1, -0.05) is 23.4 Å². The Balaban J connectivity index is 2.40. The minimum atomic E-state index is -0.583. The van der Waals surface area contributed by atoms with Crippen molar-refractivity contribution in [3.05, 3.63) is 39.4 Å². The van der Waals surface area contributed by atoms with Gasteiger partial charge >= 0.3 is 5.69 Å².